The Balaban J connectivity index is 4.01. The van der Waals surface area contributed by atoms with Crippen LogP contribution in [0.15, 0.2) is 25.3 Å². The highest BCUT2D eigenvalue weighted by molar-refractivity contribution is 8.00. The molecule has 1 atom stereocenters. The van der Waals surface area contributed by atoms with Crippen LogP contribution in [0.25, 0.3) is 0 Å². The highest BCUT2D eigenvalue weighted by Crippen LogP contribution is 2.09. The minimum atomic E-state index is 0.111. The van der Waals surface area contributed by atoms with E-state index < -0.39 is 0 Å². The summed E-state index contributed by atoms with van der Waals surface area (Å²) in [5.74, 6) is 0.583. The predicted octanol–water partition coefficient (Wildman–Crippen LogP) is 1.27. The van der Waals surface area contributed by atoms with E-state index in [-0.39, 0.29) is 5.91 Å². The lowest BCUT2D eigenvalue weighted by atomic mass is 10.4. The third-order valence-electron chi connectivity index (χ3n) is 1.87. The third-order valence-corrected chi connectivity index (χ3v) is 3.05. The van der Waals surface area contributed by atoms with Crippen LogP contribution in [0.3, 0.4) is 0 Å². The summed E-state index contributed by atoms with van der Waals surface area (Å²) in [5.41, 5.74) is 5.47. The number of carbonyl (C=O) groups excluding carboxylic acids is 1. The molecule has 0 aromatic heterocycles. The summed E-state index contributed by atoms with van der Waals surface area (Å²) < 4.78 is 0. The first-order chi connectivity index (χ1) is 7.15. The number of carbonyl (C=O) groups is 1. The van der Waals surface area contributed by atoms with Gasteiger partial charge in [0, 0.05) is 24.9 Å². The number of nitrogens with two attached hydrogens (primary N) is 1. The quantitative estimate of drug-likeness (QED) is 0.636. The fraction of sp³-hybridized carbons (Fsp3) is 0.545. The van der Waals surface area contributed by atoms with Gasteiger partial charge >= 0.3 is 0 Å². The molecule has 0 heterocycles. The number of amides is 1. The molecule has 0 fully saturated rings. The zero-order chi connectivity index (χ0) is 11.7. The fourth-order valence-corrected chi connectivity index (χ4v) is 1.71. The summed E-state index contributed by atoms with van der Waals surface area (Å²) >= 11 is 1.58. The van der Waals surface area contributed by atoms with Gasteiger partial charge in [-0.1, -0.05) is 19.1 Å². The number of rotatable bonds is 8. The molecule has 0 saturated carbocycles. The molecule has 0 aliphatic heterocycles. The van der Waals surface area contributed by atoms with Crippen molar-refractivity contribution in [1.29, 1.82) is 0 Å². The standard InChI is InChI=1S/C11H20N2OS/c1-4-6-13(7-5-2)11(14)9-15-10(3)8-12/h4-5,10H,1-2,6-9,12H2,3H3. The molecule has 0 radical (unpaired) electrons. The zero-order valence-electron chi connectivity index (χ0n) is 9.32. The monoisotopic (exact) mass is 228 g/mol. The van der Waals surface area contributed by atoms with Gasteiger partial charge in [-0.25, -0.2) is 0 Å². The first kappa shape index (κ1) is 14.3. The molecule has 4 heteroatoms. The average molecular weight is 228 g/mol. The molecule has 15 heavy (non-hydrogen) atoms. The normalized spacial score (nSPS) is 11.9. The summed E-state index contributed by atoms with van der Waals surface area (Å²) in [6.45, 7) is 11.0. The van der Waals surface area contributed by atoms with E-state index in [1.807, 2.05) is 6.92 Å². The minimum Gasteiger partial charge on any atom is -0.335 e. The predicted molar refractivity (Wildman–Crippen MR) is 67.9 cm³/mol. The highest BCUT2D eigenvalue weighted by atomic mass is 32.2. The van der Waals surface area contributed by atoms with Gasteiger partial charge in [0.05, 0.1) is 5.75 Å². The molecule has 0 aromatic carbocycles. The Kier molecular flexibility index (Phi) is 8.14. The first-order valence-corrected chi connectivity index (χ1v) is 6.01. The van der Waals surface area contributed by atoms with Crippen molar-refractivity contribution in [3.05, 3.63) is 25.3 Å². The molecular weight excluding hydrogens is 208 g/mol. The topological polar surface area (TPSA) is 46.3 Å². The molecule has 0 aliphatic carbocycles. The van der Waals surface area contributed by atoms with Crippen molar-refractivity contribution in [3.63, 3.8) is 0 Å². The van der Waals surface area contributed by atoms with E-state index in [4.69, 9.17) is 5.73 Å². The van der Waals surface area contributed by atoms with Gasteiger partial charge in [0.25, 0.3) is 0 Å². The average Bonchev–Trinajstić information content (AvgIpc) is 2.25. The van der Waals surface area contributed by atoms with Crippen molar-refractivity contribution in [3.8, 4) is 0 Å². The Bertz CT molecular complexity index is 209. The van der Waals surface area contributed by atoms with E-state index in [1.54, 1.807) is 28.8 Å². The smallest absolute Gasteiger partial charge is 0.233 e. The van der Waals surface area contributed by atoms with Gasteiger partial charge in [-0.15, -0.1) is 24.9 Å². The molecule has 0 rings (SSSR count). The fourth-order valence-electron chi connectivity index (χ4n) is 0.963. The van der Waals surface area contributed by atoms with Crippen LogP contribution in [-0.2, 0) is 4.79 Å². The minimum absolute atomic E-state index is 0.111. The van der Waals surface area contributed by atoms with Crippen molar-refractivity contribution < 1.29 is 4.79 Å². The summed E-state index contributed by atoms with van der Waals surface area (Å²) in [6.07, 6.45) is 3.44. The van der Waals surface area contributed by atoms with Gasteiger partial charge in [-0.2, -0.15) is 0 Å². The largest absolute Gasteiger partial charge is 0.335 e. The Hall–Kier alpha value is -0.740. The van der Waals surface area contributed by atoms with Crippen LogP contribution in [0.2, 0.25) is 0 Å². The molecular formula is C11H20N2OS. The maximum atomic E-state index is 11.7. The summed E-state index contributed by atoms with van der Waals surface area (Å²) in [7, 11) is 0. The molecule has 1 unspecified atom stereocenters. The van der Waals surface area contributed by atoms with E-state index in [0.717, 1.165) is 0 Å². The third kappa shape index (κ3) is 6.36. The van der Waals surface area contributed by atoms with E-state index >= 15 is 0 Å². The lowest BCUT2D eigenvalue weighted by molar-refractivity contribution is -0.127. The van der Waals surface area contributed by atoms with Crippen molar-refractivity contribution in [2.24, 2.45) is 5.73 Å². The maximum Gasteiger partial charge on any atom is 0.233 e. The van der Waals surface area contributed by atoms with Crippen LogP contribution in [0, 0.1) is 0 Å². The van der Waals surface area contributed by atoms with Gasteiger partial charge in [0.2, 0.25) is 5.91 Å². The van der Waals surface area contributed by atoms with Gasteiger partial charge < -0.3 is 10.6 Å². The van der Waals surface area contributed by atoms with E-state index in [0.29, 0.717) is 30.6 Å². The first-order valence-electron chi connectivity index (χ1n) is 4.96. The van der Waals surface area contributed by atoms with E-state index in [9.17, 15) is 4.79 Å². The van der Waals surface area contributed by atoms with Gasteiger partial charge in [0.1, 0.15) is 0 Å². The summed E-state index contributed by atoms with van der Waals surface area (Å²) in [5, 5.41) is 0.322. The Morgan fingerprint density at radius 1 is 1.47 bits per heavy atom. The molecule has 0 bridgehead atoms. The second-order valence-electron chi connectivity index (χ2n) is 3.23. The number of thioether (sulfide) groups is 1. The lowest BCUT2D eigenvalue weighted by Gasteiger charge is -2.19. The molecule has 0 saturated heterocycles. The van der Waals surface area contributed by atoms with Crippen LogP contribution in [0.1, 0.15) is 6.92 Å². The molecule has 0 aromatic rings. The maximum absolute atomic E-state index is 11.7. The van der Waals surface area contributed by atoms with Crippen molar-refractivity contribution >= 4 is 17.7 Å². The number of nitrogens with zero attached hydrogens (tertiary/aromatic N) is 1. The number of hydrogen-bond donors (Lipinski definition) is 1. The van der Waals surface area contributed by atoms with Crippen molar-refractivity contribution in [2.75, 3.05) is 25.4 Å². The van der Waals surface area contributed by atoms with Crippen molar-refractivity contribution in [1.82, 2.24) is 4.90 Å². The molecule has 3 nitrogen and oxygen atoms in total. The molecule has 86 valence electrons. The second kappa shape index (κ2) is 8.56. The Morgan fingerprint density at radius 2 is 2.00 bits per heavy atom. The summed E-state index contributed by atoms with van der Waals surface area (Å²) in [6, 6.07) is 0. The SMILES string of the molecule is C=CCN(CC=C)C(=O)CSC(C)CN. The van der Waals surface area contributed by atoms with Crippen LogP contribution in [0.4, 0.5) is 0 Å². The molecule has 0 spiro atoms. The lowest BCUT2D eigenvalue weighted by Crippen LogP contribution is -2.33. The summed E-state index contributed by atoms with van der Waals surface area (Å²) in [4.78, 5) is 13.4. The Morgan fingerprint density at radius 3 is 2.40 bits per heavy atom. The zero-order valence-corrected chi connectivity index (χ0v) is 10.1. The van der Waals surface area contributed by atoms with Crippen LogP contribution < -0.4 is 5.73 Å². The molecule has 1 amide bonds. The molecule has 0 aliphatic rings. The van der Waals surface area contributed by atoms with Crippen LogP contribution in [-0.4, -0.2) is 41.4 Å². The second-order valence-corrected chi connectivity index (χ2v) is 4.66. The van der Waals surface area contributed by atoms with Crippen LogP contribution >= 0.6 is 11.8 Å². The van der Waals surface area contributed by atoms with Crippen molar-refractivity contribution in [2.45, 2.75) is 12.2 Å². The van der Waals surface area contributed by atoms with Gasteiger partial charge in [0.15, 0.2) is 0 Å². The van der Waals surface area contributed by atoms with E-state index in [1.165, 1.54) is 0 Å². The van der Waals surface area contributed by atoms with E-state index in [2.05, 4.69) is 13.2 Å². The Labute approximate surface area is 96.4 Å². The number of hydrogen-bond acceptors (Lipinski definition) is 3. The van der Waals surface area contributed by atoms with Gasteiger partial charge in [-0.05, 0) is 0 Å². The van der Waals surface area contributed by atoms with Crippen LogP contribution in [0.5, 0.6) is 0 Å². The molecule has 2 N–H and O–H groups in total. The highest BCUT2D eigenvalue weighted by Gasteiger charge is 2.11. The van der Waals surface area contributed by atoms with Gasteiger partial charge in [-0.3, -0.25) is 4.79 Å².